The number of carbonyl (C=O) groups is 1. The van der Waals surface area contributed by atoms with E-state index in [1.54, 1.807) is 18.7 Å². The van der Waals surface area contributed by atoms with Gasteiger partial charge in [-0.2, -0.15) is 0 Å². The zero-order chi connectivity index (χ0) is 12.2. The van der Waals surface area contributed by atoms with Gasteiger partial charge in [0.05, 0.1) is 12.1 Å². The van der Waals surface area contributed by atoms with E-state index in [0.717, 1.165) is 12.8 Å². The van der Waals surface area contributed by atoms with E-state index in [9.17, 15) is 9.90 Å². The average molecular weight is 226 g/mol. The molecule has 0 unspecified atom stereocenters. The summed E-state index contributed by atoms with van der Waals surface area (Å²) < 4.78 is 0. The fourth-order valence-corrected chi connectivity index (χ4v) is 1.80. The largest absolute Gasteiger partial charge is 0.389 e. The van der Waals surface area contributed by atoms with Crippen LogP contribution in [0, 0.1) is 0 Å². The Hall–Kier alpha value is -1.03. The monoisotopic (exact) mass is 226 g/mol. The van der Waals surface area contributed by atoms with Crippen molar-refractivity contribution in [2.45, 2.75) is 45.3 Å². The molecule has 0 aromatic carbocycles. The van der Waals surface area contributed by atoms with Crippen LogP contribution in [0.2, 0.25) is 0 Å². The van der Waals surface area contributed by atoms with Gasteiger partial charge in [0.15, 0.2) is 0 Å². The van der Waals surface area contributed by atoms with E-state index in [4.69, 9.17) is 0 Å². The van der Waals surface area contributed by atoms with Crippen LogP contribution in [0.25, 0.3) is 0 Å². The molecule has 0 aromatic heterocycles. The second-order valence-electron chi connectivity index (χ2n) is 4.92. The topological polar surface area (TPSA) is 52.6 Å². The van der Waals surface area contributed by atoms with Crippen molar-refractivity contribution in [3.05, 3.63) is 12.2 Å². The van der Waals surface area contributed by atoms with Gasteiger partial charge in [0.2, 0.25) is 0 Å². The zero-order valence-corrected chi connectivity index (χ0v) is 10.4. The quantitative estimate of drug-likeness (QED) is 0.714. The van der Waals surface area contributed by atoms with Gasteiger partial charge in [-0.1, -0.05) is 12.2 Å². The van der Waals surface area contributed by atoms with Crippen LogP contribution in [-0.2, 0) is 0 Å². The van der Waals surface area contributed by atoms with Crippen molar-refractivity contribution < 1.29 is 9.90 Å². The van der Waals surface area contributed by atoms with Gasteiger partial charge in [0.25, 0.3) is 0 Å². The van der Waals surface area contributed by atoms with Gasteiger partial charge in [0.1, 0.15) is 0 Å². The minimum Gasteiger partial charge on any atom is -0.389 e. The standard InChI is InChI=1S/C12H22N2O2/c1-4-14(9-12(2,3)16)11(15)13-10-7-5-6-8-10/h5-6,10,16H,4,7-9H2,1-3H3,(H,13,15). The first kappa shape index (κ1) is 13.0. The van der Waals surface area contributed by atoms with E-state index in [0.29, 0.717) is 13.1 Å². The van der Waals surface area contributed by atoms with Crippen LogP contribution in [0.15, 0.2) is 12.2 Å². The molecule has 0 atom stereocenters. The zero-order valence-electron chi connectivity index (χ0n) is 10.4. The Labute approximate surface area is 97.3 Å². The van der Waals surface area contributed by atoms with Crippen molar-refractivity contribution in [3.8, 4) is 0 Å². The second-order valence-corrected chi connectivity index (χ2v) is 4.92. The molecular formula is C12H22N2O2. The fraction of sp³-hybridized carbons (Fsp3) is 0.750. The summed E-state index contributed by atoms with van der Waals surface area (Å²) in [6.45, 7) is 6.30. The van der Waals surface area contributed by atoms with Crippen LogP contribution in [0.4, 0.5) is 4.79 Å². The molecule has 1 aliphatic rings. The lowest BCUT2D eigenvalue weighted by atomic mass is 10.1. The summed E-state index contributed by atoms with van der Waals surface area (Å²) in [5.74, 6) is 0. The average Bonchev–Trinajstić information content (AvgIpc) is 2.65. The lowest BCUT2D eigenvalue weighted by Gasteiger charge is -2.29. The van der Waals surface area contributed by atoms with E-state index in [-0.39, 0.29) is 12.1 Å². The molecule has 0 spiro atoms. The van der Waals surface area contributed by atoms with Gasteiger partial charge in [-0.3, -0.25) is 0 Å². The number of nitrogens with zero attached hydrogens (tertiary/aromatic N) is 1. The number of nitrogens with one attached hydrogen (secondary N) is 1. The highest BCUT2D eigenvalue weighted by Gasteiger charge is 2.23. The molecule has 92 valence electrons. The van der Waals surface area contributed by atoms with E-state index >= 15 is 0 Å². The molecule has 16 heavy (non-hydrogen) atoms. The maximum Gasteiger partial charge on any atom is 0.317 e. The molecule has 2 amide bonds. The molecular weight excluding hydrogens is 204 g/mol. The summed E-state index contributed by atoms with van der Waals surface area (Å²) in [6, 6.07) is 0.140. The van der Waals surface area contributed by atoms with Crippen LogP contribution in [0.1, 0.15) is 33.6 Å². The third kappa shape index (κ3) is 4.23. The molecule has 0 saturated carbocycles. The molecule has 0 saturated heterocycles. The first-order chi connectivity index (χ1) is 7.42. The van der Waals surface area contributed by atoms with Gasteiger partial charge in [0, 0.05) is 12.6 Å². The van der Waals surface area contributed by atoms with E-state index in [2.05, 4.69) is 17.5 Å². The highest BCUT2D eigenvalue weighted by Crippen LogP contribution is 2.10. The smallest absolute Gasteiger partial charge is 0.317 e. The van der Waals surface area contributed by atoms with Crippen LogP contribution in [0.5, 0.6) is 0 Å². The molecule has 1 aliphatic carbocycles. The van der Waals surface area contributed by atoms with Crippen LogP contribution < -0.4 is 5.32 Å². The summed E-state index contributed by atoms with van der Waals surface area (Å²) in [5, 5.41) is 12.7. The van der Waals surface area contributed by atoms with Gasteiger partial charge >= 0.3 is 6.03 Å². The second kappa shape index (κ2) is 5.34. The fourth-order valence-electron chi connectivity index (χ4n) is 1.80. The Morgan fingerprint density at radius 1 is 1.50 bits per heavy atom. The lowest BCUT2D eigenvalue weighted by Crippen LogP contribution is -2.49. The van der Waals surface area contributed by atoms with Crippen molar-refractivity contribution in [1.82, 2.24) is 10.2 Å². The molecule has 0 aliphatic heterocycles. The molecule has 0 fully saturated rings. The highest BCUT2D eigenvalue weighted by atomic mass is 16.3. The molecule has 0 radical (unpaired) electrons. The van der Waals surface area contributed by atoms with Gasteiger partial charge in [-0.05, 0) is 33.6 Å². The molecule has 0 aromatic rings. The van der Waals surface area contributed by atoms with E-state index in [1.807, 2.05) is 6.92 Å². The Morgan fingerprint density at radius 3 is 2.50 bits per heavy atom. The number of rotatable bonds is 4. The Morgan fingerprint density at radius 2 is 2.06 bits per heavy atom. The molecule has 4 heteroatoms. The Balaban J connectivity index is 2.42. The van der Waals surface area contributed by atoms with Gasteiger partial charge in [-0.25, -0.2) is 4.79 Å². The van der Waals surface area contributed by atoms with Crippen molar-refractivity contribution >= 4 is 6.03 Å². The number of urea groups is 1. The van der Waals surface area contributed by atoms with E-state index in [1.165, 1.54) is 0 Å². The van der Waals surface area contributed by atoms with Crippen molar-refractivity contribution in [2.75, 3.05) is 13.1 Å². The maximum absolute atomic E-state index is 11.9. The first-order valence-corrected chi connectivity index (χ1v) is 5.85. The number of likely N-dealkylation sites (N-methyl/N-ethyl adjacent to an activating group) is 1. The summed E-state index contributed by atoms with van der Waals surface area (Å²) in [5.41, 5.74) is -0.846. The number of hydrogen-bond acceptors (Lipinski definition) is 2. The van der Waals surface area contributed by atoms with Crippen LogP contribution >= 0.6 is 0 Å². The SMILES string of the molecule is CCN(CC(C)(C)O)C(=O)NC1CC=CC1. The number of hydrogen-bond donors (Lipinski definition) is 2. The van der Waals surface area contributed by atoms with Crippen molar-refractivity contribution in [2.24, 2.45) is 0 Å². The maximum atomic E-state index is 11.9. The predicted molar refractivity (Wildman–Crippen MR) is 64.2 cm³/mol. The number of aliphatic hydroxyl groups is 1. The first-order valence-electron chi connectivity index (χ1n) is 5.85. The van der Waals surface area contributed by atoms with Gasteiger partial charge < -0.3 is 15.3 Å². The van der Waals surface area contributed by atoms with E-state index < -0.39 is 5.60 Å². The predicted octanol–water partition coefficient (Wildman–Crippen LogP) is 1.51. The van der Waals surface area contributed by atoms with Crippen molar-refractivity contribution in [3.63, 3.8) is 0 Å². The third-order valence-corrected chi connectivity index (χ3v) is 2.58. The molecule has 2 N–H and O–H groups in total. The number of carbonyl (C=O) groups excluding carboxylic acids is 1. The molecule has 0 bridgehead atoms. The summed E-state index contributed by atoms with van der Waals surface area (Å²) >= 11 is 0. The summed E-state index contributed by atoms with van der Waals surface area (Å²) in [4.78, 5) is 13.5. The van der Waals surface area contributed by atoms with Crippen LogP contribution in [0.3, 0.4) is 0 Å². The lowest BCUT2D eigenvalue weighted by molar-refractivity contribution is 0.0476. The number of amides is 2. The summed E-state index contributed by atoms with van der Waals surface area (Å²) in [6.07, 6.45) is 5.98. The normalized spacial score (nSPS) is 16.5. The third-order valence-electron chi connectivity index (χ3n) is 2.58. The van der Waals surface area contributed by atoms with Gasteiger partial charge in [-0.15, -0.1) is 0 Å². The highest BCUT2D eigenvalue weighted by molar-refractivity contribution is 5.74. The minimum absolute atomic E-state index is 0.0849. The summed E-state index contributed by atoms with van der Waals surface area (Å²) in [7, 11) is 0. The Bertz CT molecular complexity index is 261. The van der Waals surface area contributed by atoms with Crippen LogP contribution in [-0.4, -0.2) is 40.8 Å². The molecule has 1 rings (SSSR count). The molecule has 4 nitrogen and oxygen atoms in total. The molecule has 0 heterocycles. The Kier molecular flexibility index (Phi) is 4.35. The van der Waals surface area contributed by atoms with Crippen molar-refractivity contribution in [1.29, 1.82) is 0 Å². The minimum atomic E-state index is -0.846.